The molecular formula is C23H28F2N2O3S. The Morgan fingerprint density at radius 3 is 2.87 bits per heavy atom. The van der Waals surface area contributed by atoms with Crippen molar-refractivity contribution in [3.05, 3.63) is 59.4 Å². The Bertz CT molecular complexity index is 865. The molecule has 0 aromatic heterocycles. The van der Waals surface area contributed by atoms with Crippen LogP contribution < -0.4 is 4.72 Å². The molecule has 4 rings (SSSR count). The molecule has 0 spiro atoms. The van der Waals surface area contributed by atoms with E-state index in [9.17, 15) is 18.1 Å². The van der Waals surface area contributed by atoms with E-state index in [2.05, 4.69) is 4.72 Å². The van der Waals surface area contributed by atoms with Gasteiger partial charge in [-0.3, -0.25) is 4.79 Å². The zero-order chi connectivity index (χ0) is 22.0. The third-order valence-corrected chi connectivity index (χ3v) is 7.26. The second-order valence-corrected chi connectivity index (χ2v) is 9.75. The van der Waals surface area contributed by atoms with Crippen molar-refractivity contribution in [1.82, 2.24) is 9.62 Å². The van der Waals surface area contributed by atoms with Crippen LogP contribution >= 0.6 is 0 Å². The van der Waals surface area contributed by atoms with E-state index >= 15 is 0 Å². The van der Waals surface area contributed by atoms with Crippen LogP contribution in [0.25, 0.3) is 0 Å². The molecule has 6 atom stereocenters. The lowest BCUT2D eigenvalue weighted by molar-refractivity contribution is -0.132. The maximum absolute atomic E-state index is 14.5. The van der Waals surface area contributed by atoms with Crippen LogP contribution in [0, 0.1) is 5.92 Å². The molecule has 0 radical (unpaired) electrons. The maximum atomic E-state index is 14.5. The molecule has 1 saturated carbocycles. The Kier molecular flexibility index (Phi) is 7.11. The van der Waals surface area contributed by atoms with E-state index in [0.29, 0.717) is 44.0 Å². The van der Waals surface area contributed by atoms with Crippen molar-refractivity contribution < 1.29 is 22.9 Å². The van der Waals surface area contributed by atoms with E-state index in [0.717, 1.165) is 5.56 Å². The molecule has 168 valence electrons. The molecule has 0 bridgehead atoms. The fourth-order valence-electron chi connectivity index (χ4n) is 4.47. The summed E-state index contributed by atoms with van der Waals surface area (Å²) in [5.41, 5.74) is 1.46. The summed E-state index contributed by atoms with van der Waals surface area (Å²) in [7, 11) is 0. The van der Waals surface area contributed by atoms with Gasteiger partial charge in [0.1, 0.15) is 17.8 Å². The van der Waals surface area contributed by atoms with Crippen LogP contribution in [0.1, 0.15) is 36.3 Å². The quantitative estimate of drug-likeness (QED) is 0.677. The molecule has 1 aromatic rings. The standard InChI is InChI=1S/C23H28F2N2O3S/c1-2-31(29)26-15-13-27(10-11-30-14-15)23(28)19-12-18(19)16-6-3-4-7-17(16)22-20(24)8-5-9-21(22)25/h3-9,15,18-20,22,26H,2,10-14H2,1H3/t15?,18-,19+,20?,22?,31?/m0/s1. The van der Waals surface area contributed by atoms with E-state index in [-0.39, 0.29) is 23.8 Å². The lowest BCUT2D eigenvalue weighted by Crippen LogP contribution is -2.47. The number of carbonyl (C=O) groups is 1. The summed E-state index contributed by atoms with van der Waals surface area (Å²) >= 11 is -1.15. The highest BCUT2D eigenvalue weighted by molar-refractivity contribution is 7.89. The number of amides is 1. The number of nitrogens with zero attached hydrogens (tertiary/aromatic N) is 1. The van der Waals surface area contributed by atoms with E-state index in [1.54, 1.807) is 17.0 Å². The lowest BCUT2D eigenvalue weighted by Gasteiger charge is -2.25. The predicted molar refractivity (Wildman–Crippen MR) is 116 cm³/mol. The highest BCUT2D eigenvalue weighted by atomic mass is 32.2. The Morgan fingerprint density at radius 2 is 2.13 bits per heavy atom. The minimum atomic E-state index is -1.42. The molecule has 1 amide bonds. The van der Waals surface area contributed by atoms with Crippen LogP contribution in [0.2, 0.25) is 0 Å². The fraction of sp³-hybridized carbons (Fsp3) is 0.522. The van der Waals surface area contributed by atoms with Crippen LogP contribution in [-0.4, -0.2) is 59.6 Å². The molecule has 1 heterocycles. The van der Waals surface area contributed by atoms with Crippen molar-refractivity contribution in [1.29, 1.82) is 0 Å². The first-order chi connectivity index (χ1) is 15.0. The second-order valence-electron chi connectivity index (χ2n) is 8.24. The summed E-state index contributed by atoms with van der Waals surface area (Å²) in [5.74, 6) is -1.19. The minimum Gasteiger partial charge on any atom is -0.598 e. The van der Waals surface area contributed by atoms with E-state index in [1.807, 2.05) is 19.1 Å². The van der Waals surface area contributed by atoms with Crippen molar-refractivity contribution in [3.8, 4) is 0 Å². The Morgan fingerprint density at radius 1 is 1.35 bits per heavy atom. The molecule has 2 aliphatic carbocycles. The van der Waals surface area contributed by atoms with Gasteiger partial charge in [-0.1, -0.05) is 30.3 Å². The number of hydrogen-bond donors (Lipinski definition) is 1. The average molecular weight is 451 g/mol. The summed E-state index contributed by atoms with van der Waals surface area (Å²) in [6, 6.07) is 7.10. The van der Waals surface area contributed by atoms with Gasteiger partial charge in [0, 0.05) is 30.4 Å². The number of alkyl halides is 1. The molecule has 1 saturated heterocycles. The van der Waals surface area contributed by atoms with E-state index in [1.165, 1.54) is 18.2 Å². The van der Waals surface area contributed by atoms with Crippen molar-refractivity contribution in [3.63, 3.8) is 0 Å². The third kappa shape index (κ3) is 5.03. The molecular weight excluding hydrogens is 422 g/mol. The molecule has 5 nitrogen and oxygen atoms in total. The highest BCUT2D eigenvalue weighted by Gasteiger charge is 2.48. The molecule has 1 aromatic carbocycles. The molecule has 2 fully saturated rings. The number of ether oxygens (including phenoxy) is 1. The minimum absolute atomic E-state index is 0.0238. The third-order valence-electron chi connectivity index (χ3n) is 6.14. The Hall–Kier alpha value is -1.74. The van der Waals surface area contributed by atoms with E-state index < -0.39 is 29.3 Å². The number of rotatable bonds is 6. The van der Waals surface area contributed by atoms with Gasteiger partial charge in [0.15, 0.2) is 0 Å². The second kappa shape index (κ2) is 9.81. The molecule has 4 unspecified atom stereocenters. The number of allylic oxidation sites excluding steroid dienone is 4. The van der Waals surface area contributed by atoms with Gasteiger partial charge in [-0.05, 0) is 42.5 Å². The monoisotopic (exact) mass is 450 g/mol. The first-order valence-corrected chi connectivity index (χ1v) is 12.1. The van der Waals surface area contributed by atoms with Crippen molar-refractivity contribution in [2.24, 2.45) is 5.92 Å². The number of hydrogen-bond acceptors (Lipinski definition) is 4. The van der Waals surface area contributed by atoms with Gasteiger partial charge in [0.2, 0.25) is 5.91 Å². The van der Waals surface area contributed by atoms with Crippen LogP contribution in [0.5, 0.6) is 0 Å². The van der Waals surface area contributed by atoms with Gasteiger partial charge in [0.05, 0.1) is 25.2 Å². The van der Waals surface area contributed by atoms with Gasteiger partial charge in [0.25, 0.3) is 0 Å². The Labute approximate surface area is 184 Å². The SMILES string of the molecule is CC[S+]([O-])NC1COCCN(C(=O)[C@@H]2C[C@H]2c2ccccc2C2C(F)=CC=CC2F)C1. The molecule has 1 N–H and O–H groups in total. The number of benzene rings is 1. The van der Waals surface area contributed by atoms with Gasteiger partial charge >= 0.3 is 0 Å². The first kappa shape index (κ1) is 22.5. The van der Waals surface area contributed by atoms with Crippen molar-refractivity contribution in [2.45, 2.75) is 37.4 Å². The van der Waals surface area contributed by atoms with Crippen molar-refractivity contribution >= 4 is 17.3 Å². The summed E-state index contributed by atoms with van der Waals surface area (Å²) in [4.78, 5) is 15.0. The van der Waals surface area contributed by atoms with Gasteiger partial charge in [-0.2, -0.15) is 0 Å². The predicted octanol–water partition coefficient (Wildman–Crippen LogP) is 3.14. The topological polar surface area (TPSA) is 64.6 Å². The Balaban J connectivity index is 1.47. The summed E-state index contributed by atoms with van der Waals surface area (Å²) in [6.07, 6.45) is 3.31. The maximum Gasteiger partial charge on any atom is 0.226 e. The molecule has 31 heavy (non-hydrogen) atoms. The average Bonchev–Trinajstić information content (AvgIpc) is 3.58. The summed E-state index contributed by atoms with van der Waals surface area (Å²) < 4.78 is 49.5. The highest BCUT2D eigenvalue weighted by Crippen LogP contribution is 2.52. The van der Waals surface area contributed by atoms with Gasteiger partial charge in [-0.25, -0.2) is 8.78 Å². The van der Waals surface area contributed by atoms with Crippen LogP contribution in [0.4, 0.5) is 8.78 Å². The molecule has 3 aliphatic rings. The van der Waals surface area contributed by atoms with Gasteiger partial charge < -0.3 is 14.2 Å². The smallest absolute Gasteiger partial charge is 0.226 e. The van der Waals surface area contributed by atoms with Gasteiger partial charge in [-0.15, -0.1) is 4.72 Å². The van der Waals surface area contributed by atoms with Crippen LogP contribution in [0.3, 0.4) is 0 Å². The summed E-state index contributed by atoms with van der Waals surface area (Å²) in [6.45, 7) is 3.60. The zero-order valence-electron chi connectivity index (χ0n) is 17.5. The number of nitrogens with one attached hydrogen (secondary N) is 1. The van der Waals surface area contributed by atoms with Crippen LogP contribution in [0.15, 0.2) is 48.3 Å². The van der Waals surface area contributed by atoms with E-state index in [4.69, 9.17) is 4.74 Å². The number of carbonyl (C=O) groups excluding carboxylic acids is 1. The molecule has 8 heteroatoms. The first-order valence-electron chi connectivity index (χ1n) is 10.8. The van der Waals surface area contributed by atoms with Crippen molar-refractivity contribution in [2.75, 3.05) is 32.1 Å². The fourth-order valence-corrected chi connectivity index (χ4v) is 5.15. The summed E-state index contributed by atoms with van der Waals surface area (Å²) in [5, 5.41) is 0. The molecule has 1 aliphatic heterocycles. The largest absolute Gasteiger partial charge is 0.598 e. The van der Waals surface area contributed by atoms with Crippen LogP contribution in [-0.2, 0) is 20.9 Å². The zero-order valence-corrected chi connectivity index (χ0v) is 18.3. The lowest BCUT2D eigenvalue weighted by atomic mass is 9.85. The normalized spacial score (nSPS) is 31.7. The number of halogens is 2.